The molecular weight excluding hydrogens is 433 g/mol. The van der Waals surface area contributed by atoms with Crippen molar-refractivity contribution in [3.05, 3.63) is 78.0 Å². The van der Waals surface area contributed by atoms with Crippen molar-refractivity contribution in [3.8, 4) is 0 Å². The molecule has 0 fully saturated rings. The van der Waals surface area contributed by atoms with Crippen LogP contribution >= 0.6 is 11.6 Å². The van der Waals surface area contributed by atoms with E-state index in [-0.39, 0.29) is 34.2 Å². The monoisotopic (exact) mass is 457 g/mol. The van der Waals surface area contributed by atoms with Crippen molar-refractivity contribution in [1.29, 1.82) is 0 Å². The zero-order valence-corrected chi connectivity index (χ0v) is 18.6. The molecule has 0 radical (unpaired) electrons. The summed E-state index contributed by atoms with van der Waals surface area (Å²) in [6.07, 6.45) is 3.47. The van der Waals surface area contributed by atoms with Crippen molar-refractivity contribution in [3.63, 3.8) is 0 Å². The number of nitrogen functional groups attached to an aromatic ring is 1. The van der Waals surface area contributed by atoms with E-state index in [0.29, 0.717) is 22.5 Å². The number of anilines is 3. The highest BCUT2D eigenvalue weighted by atomic mass is 35.5. The highest BCUT2D eigenvalue weighted by molar-refractivity contribution is 6.31. The molecule has 5 N–H and O–H groups in total. The predicted molar refractivity (Wildman–Crippen MR) is 128 cm³/mol. The number of carbonyl (C=O) groups excluding carboxylic acids is 1. The number of nitrogens with zero attached hydrogens (tertiary/aromatic N) is 2. The van der Waals surface area contributed by atoms with Gasteiger partial charge in [0.05, 0.1) is 28.7 Å². The Balaban J connectivity index is 2.60. The van der Waals surface area contributed by atoms with E-state index >= 15 is 0 Å². The average molecular weight is 458 g/mol. The van der Waals surface area contributed by atoms with E-state index in [4.69, 9.17) is 17.3 Å². The molecule has 1 unspecified atom stereocenters. The Morgan fingerprint density at radius 3 is 2.62 bits per heavy atom. The quantitative estimate of drug-likeness (QED) is 0.410. The van der Waals surface area contributed by atoms with Crippen molar-refractivity contribution in [2.75, 3.05) is 17.6 Å². The third-order valence-corrected chi connectivity index (χ3v) is 4.35. The Labute approximate surface area is 191 Å². The minimum Gasteiger partial charge on any atom is -0.392 e. The van der Waals surface area contributed by atoms with Crippen LogP contribution in [0.25, 0.3) is 11.1 Å². The maximum atomic E-state index is 14.1. The van der Waals surface area contributed by atoms with Gasteiger partial charge >= 0.3 is 0 Å². The topological polar surface area (TPSA) is 113 Å². The number of aliphatic hydroxyl groups excluding tert-OH is 1. The van der Waals surface area contributed by atoms with Gasteiger partial charge in [-0.25, -0.2) is 9.37 Å². The van der Waals surface area contributed by atoms with E-state index in [0.717, 1.165) is 0 Å². The molecule has 0 saturated carbocycles. The highest BCUT2D eigenvalue weighted by Crippen LogP contribution is 2.35. The summed E-state index contributed by atoms with van der Waals surface area (Å²) in [5, 5.41) is 15.3. The van der Waals surface area contributed by atoms with Crippen molar-refractivity contribution >= 4 is 45.8 Å². The van der Waals surface area contributed by atoms with Crippen LogP contribution in [-0.2, 0) is 0 Å². The van der Waals surface area contributed by atoms with Gasteiger partial charge in [0.1, 0.15) is 11.6 Å². The molecule has 2 rings (SSSR count). The van der Waals surface area contributed by atoms with Crippen molar-refractivity contribution in [1.82, 2.24) is 15.3 Å². The molecule has 0 aliphatic heterocycles. The molecule has 7 nitrogen and oxygen atoms in total. The molecule has 0 saturated heterocycles. The maximum absolute atomic E-state index is 14.1. The smallest absolute Gasteiger partial charge is 0.255 e. The number of nitrogens with two attached hydrogens (primary N) is 1. The van der Waals surface area contributed by atoms with Gasteiger partial charge in [0.15, 0.2) is 0 Å². The van der Waals surface area contributed by atoms with Crippen LogP contribution in [0.2, 0.25) is 0 Å². The zero-order chi connectivity index (χ0) is 24.0. The first kappa shape index (κ1) is 24.8. The normalized spacial score (nSPS) is 12.1. The standard InChI is InChI=1S/C23H25ClFN5O2/c1-12(2)21-20(9-19(30-22(21)26)16(15(5)25)8-13(3)24)29-18-6-7-27-11-17(18)23(32)28-10-14(4)31/h6-9,11,14,31H,1,3,5,10H2,2,4H3,(H,28,32)(H3,26,27,29,30)/b16-8+. The lowest BCUT2D eigenvalue weighted by atomic mass is 10.0. The lowest BCUT2D eigenvalue weighted by molar-refractivity contribution is 0.0924. The Kier molecular flexibility index (Phi) is 8.28. The van der Waals surface area contributed by atoms with E-state index < -0.39 is 17.8 Å². The number of aromatic nitrogens is 2. The van der Waals surface area contributed by atoms with Gasteiger partial charge in [0.25, 0.3) is 5.91 Å². The third kappa shape index (κ3) is 6.26. The summed E-state index contributed by atoms with van der Waals surface area (Å²) >= 11 is 5.83. The molecule has 9 heteroatoms. The number of rotatable bonds is 9. The summed E-state index contributed by atoms with van der Waals surface area (Å²) < 4.78 is 14.1. The summed E-state index contributed by atoms with van der Waals surface area (Å²) in [6.45, 7) is 14.2. The number of allylic oxidation sites excluding steroid dienone is 5. The summed E-state index contributed by atoms with van der Waals surface area (Å²) in [4.78, 5) is 20.8. The molecule has 0 aliphatic carbocycles. The molecule has 1 amide bonds. The Morgan fingerprint density at radius 1 is 1.38 bits per heavy atom. The summed E-state index contributed by atoms with van der Waals surface area (Å²) in [5.41, 5.74) is 8.51. The van der Waals surface area contributed by atoms with E-state index in [1.54, 1.807) is 26.0 Å². The van der Waals surface area contributed by atoms with Crippen molar-refractivity contribution < 1.29 is 14.3 Å². The molecule has 2 aromatic rings. The largest absolute Gasteiger partial charge is 0.392 e. The first-order valence-corrected chi connectivity index (χ1v) is 9.94. The number of halogens is 2. The van der Waals surface area contributed by atoms with Crippen LogP contribution in [0.4, 0.5) is 21.6 Å². The molecular formula is C23H25ClFN5O2. The highest BCUT2D eigenvalue weighted by Gasteiger charge is 2.18. The summed E-state index contributed by atoms with van der Waals surface area (Å²) in [7, 11) is 0. The van der Waals surface area contributed by atoms with Gasteiger partial charge in [-0.2, -0.15) is 0 Å². The minimum atomic E-state index is -0.769. The fourth-order valence-corrected chi connectivity index (χ4v) is 2.97. The van der Waals surface area contributed by atoms with Crippen LogP contribution in [0, 0.1) is 0 Å². The molecule has 168 valence electrons. The molecule has 0 spiro atoms. The van der Waals surface area contributed by atoms with Crippen LogP contribution in [0.1, 0.15) is 35.5 Å². The fourth-order valence-electron chi connectivity index (χ4n) is 2.86. The number of pyridine rings is 2. The number of amides is 1. The predicted octanol–water partition coefficient (Wildman–Crippen LogP) is 4.57. The molecule has 0 bridgehead atoms. The Morgan fingerprint density at radius 2 is 2.06 bits per heavy atom. The number of carbonyl (C=O) groups is 1. The van der Waals surface area contributed by atoms with E-state index in [9.17, 15) is 14.3 Å². The lowest BCUT2D eigenvalue weighted by Crippen LogP contribution is -2.31. The lowest BCUT2D eigenvalue weighted by Gasteiger charge is -2.18. The minimum absolute atomic E-state index is 0.0117. The van der Waals surface area contributed by atoms with Gasteiger partial charge in [-0.15, -0.1) is 0 Å². The number of hydrogen-bond acceptors (Lipinski definition) is 6. The second-order valence-electron chi connectivity index (χ2n) is 7.11. The summed E-state index contributed by atoms with van der Waals surface area (Å²) in [5.74, 6) is -1.11. The number of aliphatic hydroxyl groups is 1. The number of nitrogens with one attached hydrogen (secondary N) is 2. The average Bonchev–Trinajstić information content (AvgIpc) is 2.69. The van der Waals surface area contributed by atoms with Gasteiger partial charge < -0.3 is 21.5 Å². The van der Waals surface area contributed by atoms with Crippen LogP contribution in [0.5, 0.6) is 0 Å². The SMILES string of the molecule is C=C(Cl)/C=C(\C(=C)F)c1cc(Nc2ccncc2C(=O)NCC(C)O)c(C(=C)C)c(N)n1. The molecule has 32 heavy (non-hydrogen) atoms. The van der Waals surface area contributed by atoms with Gasteiger partial charge in [-0.1, -0.05) is 31.3 Å². The second-order valence-corrected chi connectivity index (χ2v) is 7.60. The third-order valence-electron chi connectivity index (χ3n) is 4.24. The molecule has 0 aromatic carbocycles. The van der Waals surface area contributed by atoms with Crippen molar-refractivity contribution in [2.24, 2.45) is 0 Å². The van der Waals surface area contributed by atoms with Crippen LogP contribution in [0.3, 0.4) is 0 Å². The molecule has 2 heterocycles. The Hall–Kier alpha value is -3.49. The summed E-state index contributed by atoms with van der Waals surface area (Å²) in [6, 6.07) is 3.15. The molecule has 2 aromatic heterocycles. The maximum Gasteiger partial charge on any atom is 0.255 e. The van der Waals surface area contributed by atoms with E-state index in [2.05, 4.69) is 40.3 Å². The van der Waals surface area contributed by atoms with E-state index in [1.807, 2.05) is 0 Å². The molecule has 0 aliphatic rings. The van der Waals surface area contributed by atoms with Crippen LogP contribution in [0.15, 0.2) is 61.2 Å². The fraction of sp³-hybridized carbons (Fsp3) is 0.174. The van der Waals surface area contributed by atoms with Crippen LogP contribution < -0.4 is 16.4 Å². The second kappa shape index (κ2) is 10.7. The first-order valence-electron chi connectivity index (χ1n) is 9.56. The van der Waals surface area contributed by atoms with Crippen molar-refractivity contribution in [2.45, 2.75) is 20.0 Å². The van der Waals surface area contributed by atoms with Gasteiger partial charge in [0.2, 0.25) is 0 Å². The first-order chi connectivity index (χ1) is 15.0. The zero-order valence-electron chi connectivity index (χ0n) is 17.9. The van der Waals surface area contributed by atoms with Crippen LogP contribution in [-0.4, -0.2) is 33.6 Å². The van der Waals surface area contributed by atoms with Gasteiger partial charge in [-0.05, 0) is 37.6 Å². The molecule has 1 atom stereocenters. The van der Waals surface area contributed by atoms with Gasteiger partial charge in [-0.3, -0.25) is 9.78 Å². The number of hydrogen-bond donors (Lipinski definition) is 4. The van der Waals surface area contributed by atoms with E-state index in [1.165, 1.54) is 18.5 Å². The van der Waals surface area contributed by atoms with Gasteiger partial charge in [0, 0.05) is 35.1 Å². The Bertz CT molecular complexity index is 1110.